The molecule has 2 heterocycles. The van der Waals surface area contributed by atoms with Crippen molar-refractivity contribution in [2.45, 2.75) is 19.5 Å². The smallest absolute Gasteiger partial charge is 0.390 e. The van der Waals surface area contributed by atoms with E-state index in [4.69, 9.17) is 5.73 Å². The highest BCUT2D eigenvalue weighted by atomic mass is 32.1. The van der Waals surface area contributed by atoms with Crippen molar-refractivity contribution in [3.8, 4) is 0 Å². The molecule has 0 atom stereocenters. The van der Waals surface area contributed by atoms with Crippen LogP contribution >= 0.6 is 11.3 Å². The van der Waals surface area contributed by atoms with Crippen LogP contribution in [0.2, 0.25) is 0 Å². The van der Waals surface area contributed by atoms with Crippen LogP contribution in [0.25, 0.3) is 10.2 Å². The molecule has 0 spiro atoms. The maximum absolute atomic E-state index is 12.0. The van der Waals surface area contributed by atoms with Gasteiger partial charge in [0.25, 0.3) is 5.91 Å². The number of nitrogens with zero attached hydrogens (tertiary/aromatic N) is 1. The first-order chi connectivity index (χ1) is 9.29. The van der Waals surface area contributed by atoms with Crippen molar-refractivity contribution >= 4 is 33.1 Å². The normalized spacial score (nSPS) is 11.8. The van der Waals surface area contributed by atoms with E-state index in [1.165, 1.54) is 0 Å². The highest BCUT2D eigenvalue weighted by Gasteiger charge is 2.27. The predicted octanol–water partition coefficient (Wildman–Crippen LogP) is 2.87. The Hall–Kier alpha value is -1.83. The Kier molecular flexibility index (Phi) is 3.85. The Bertz CT molecular complexity index is 651. The van der Waals surface area contributed by atoms with Crippen LogP contribution in [0.5, 0.6) is 0 Å². The number of halogens is 3. The number of pyridine rings is 1. The first-order valence-corrected chi connectivity index (χ1v) is 6.60. The Balaban J connectivity index is 2.19. The van der Waals surface area contributed by atoms with Gasteiger partial charge in [0.1, 0.15) is 9.71 Å². The quantitative estimate of drug-likeness (QED) is 0.916. The fourth-order valence-electron chi connectivity index (χ4n) is 1.77. The van der Waals surface area contributed by atoms with E-state index >= 15 is 0 Å². The van der Waals surface area contributed by atoms with Crippen molar-refractivity contribution < 1.29 is 18.0 Å². The second-order valence-corrected chi connectivity index (χ2v) is 5.27. The molecule has 1 amide bonds. The molecule has 108 valence electrons. The molecule has 0 unspecified atom stereocenters. The van der Waals surface area contributed by atoms with Gasteiger partial charge in [0.15, 0.2) is 0 Å². The molecule has 0 saturated heterocycles. The third-order valence-electron chi connectivity index (χ3n) is 2.74. The molecule has 0 saturated carbocycles. The fraction of sp³-hybridized carbons (Fsp3) is 0.333. The van der Waals surface area contributed by atoms with Crippen LogP contribution in [-0.2, 0) is 0 Å². The number of carbonyl (C=O) groups excluding carboxylic acids is 1. The van der Waals surface area contributed by atoms with Gasteiger partial charge in [-0.3, -0.25) is 4.79 Å². The lowest BCUT2D eigenvalue weighted by molar-refractivity contribution is -0.132. The van der Waals surface area contributed by atoms with E-state index in [9.17, 15) is 18.0 Å². The number of nitrogens with two attached hydrogens (primary N) is 1. The number of carbonyl (C=O) groups is 1. The number of amides is 1. The molecular formula is C12H12F3N3OS. The Morgan fingerprint density at radius 1 is 1.50 bits per heavy atom. The molecule has 0 aliphatic rings. The minimum Gasteiger partial charge on any atom is -0.397 e. The summed E-state index contributed by atoms with van der Waals surface area (Å²) < 4.78 is 36.1. The van der Waals surface area contributed by atoms with Crippen molar-refractivity contribution in [2.75, 3.05) is 12.3 Å². The van der Waals surface area contributed by atoms with E-state index in [0.29, 0.717) is 10.2 Å². The van der Waals surface area contributed by atoms with Crippen LogP contribution < -0.4 is 11.1 Å². The third kappa shape index (κ3) is 3.01. The van der Waals surface area contributed by atoms with E-state index in [1.807, 2.05) is 6.92 Å². The van der Waals surface area contributed by atoms with Gasteiger partial charge in [-0.15, -0.1) is 11.3 Å². The minimum atomic E-state index is -4.29. The first kappa shape index (κ1) is 14.6. The summed E-state index contributed by atoms with van der Waals surface area (Å²) in [5.41, 5.74) is 7.02. The number of hydrogen-bond acceptors (Lipinski definition) is 4. The van der Waals surface area contributed by atoms with Gasteiger partial charge >= 0.3 is 6.18 Å². The van der Waals surface area contributed by atoms with Gasteiger partial charge in [-0.25, -0.2) is 4.98 Å². The van der Waals surface area contributed by atoms with Gasteiger partial charge in [-0.1, -0.05) is 0 Å². The number of anilines is 1. The van der Waals surface area contributed by atoms with Crippen LogP contribution in [-0.4, -0.2) is 23.6 Å². The zero-order valence-electron chi connectivity index (χ0n) is 10.5. The lowest BCUT2D eigenvalue weighted by Crippen LogP contribution is -2.27. The molecule has 4 nitrogen and oxygen atoms in total. The SMILES string of the molecule is Cc1ccnc2sc(C(=O)NCCC(F)(F)F)c(N)c12. The predicted molar refractivity (Wildman–Crippen MR) is 71.8 cm³/mol. The van der Waals surface area contributed by atoms with Crippen molar-refractivity contribution in [1.82, 2.24) is 10.3 Å². The van der Waals surface area contributed by atoms with E-state index in [0.717, 1.165) is 16.9 Å². The van der Waals surface area contributed by atoms with Crippen LogP contribution in [0.4, 0.5) is 18.9 Å². The minimum absolute atomic E-state index is 0.198. The molecule has 20 heavy (non-hydrogen) atoms. The van der Waals surface area contributed by atoms with Gasteiger partial charge < -0.3 is 11.1 Å². The molecule has 8 heteroatoms. The maximum Gasteiger partial charge on any atom is 0.390 e. The molecule has 0 aliphatic heterocycles. The molecule has 0 aromatic carbocycles. The van der Waals surface area contributed by atoms with Crippen molar-refractivity contribution in [2.24, 2.45) is 0 Å². The number of hydrogen-bond donors (Lipinski definition) is 2. The van der Waals surface area contributed by atoms with E-state index in [-0.39, 0.29) is 10.6 Å². The summed E-state index contributed by atoms with van der Waals surface area (Å²) in [6, 6.07) is 1.76. The molecule has 3 N–H and O–H groups in total. The van der Waals surface area contributed by atoms with Crippen molar-refractivity contribution in [3.63, 3.8) is 0 Å². The second-order valence-electron chi connectivity index (χ2n) is 4.27. The number of thiophene rings is 1. The molecule has 2 rings (SSSR count). The molecule has 0 fully saturated rings. The maximum atomic E-state index is 12.0. The van der Waals surface area contributed by atoms with Gasteiger partial charge in [-0.2, -0.15) is 13.2 Å². The lowest BCUT2D eigenvalue weighted by atomic mass is 10.2. The number of alkyl halides is 3. The number of rotatable bonds is 3. The Labute approximate surface area is 116 Å². The zero-order chi connectivity index (χ0) is 14.9. The number of aryl methyl sites for hydroxylation is 1. The summed E-state index contributed by atoms with van der Waals surface area (Å²) in [7, 11) is 0. The largest absolute Gasteiger partial charge is 0.397 e. The number of nitrogen functional groups attached to an aromatic ring is 1. The monoisotopic (exact) mass is 303 g/mol. The summed E-state index contributed by atoms with van der Waals surface area (Å²) in [5.74, 6) is -0.603. The average molecular weight is 303 g/mol. The number of fused-ring (bicyclic) bond motifs is 1. The van der Waals surface area contributed by atoms with Crippen molar-refractivity contribution in [1.29, 1.82) is 0 Å². The Morgan fingerprint density at radius 2 is 2.20 bits per heavy atom. The van der Waals surface area contributed by atoms with Gasteiger partial charge in [0.05, 0.1) is 12.1 Å². The summed E-state index contributed by atoms with van der Waals surface area (Å²) >= 11 is 1.07. The average Bonchev–Trinajstić information content (AvgIpc) is 2.66. The lowest BCUT2D eigenvalue weighted by Gasteiger charge is -2.07. The van der Waals surface area contributed by atoms with Crippen LogP contribution in [0.3, 0.4) is 0 Å². The van der Waals surface area contributed by atoms with Crippen LogP contribution in [0, 0.1) is 6.92 Å². The third-order valence-corrected chi connectivity index (χ3v) is 3.85. The molecule has 2 aromatic rings. The molecule has 0 aliphatic carbocycles. The van der Waals surface area contributed by atoms with Crippen LogP contribution in [0.15, 0.2) is 12.3 Å². The van der Waals surface area contributed by atoms with Gasteiger partial charge in [0, 0.05) is 18.1 Å². The number of aromatic nitrogens is 1. The molecular weight excluding hydrogens is 291 g/mol. The van der Waals surface area contributed by atoms with Gasteiger partial charge in [-0.05, 0) is 18.6 Å². The molecule has 0 bridgehead atoms. The molecule has 0 radical (unpaired) electrons. The summed E-state index contributed by atoms with van der Waals surface area (Å²) in [5, 5.41) is 2.90. The Morgan fingerprint density at radius 3 is 2.80 bits per heavy atom. The van der Waals surface area contributed by atoms with Crippen molar-refractivity contribution in [3.05, 3.63) is 22.7 Å². The summed E-state index contributed by atoms with van der Waals surface area (Å²) in [6.45, 7) is 1.36. The summed E-state index contributed by atoms with van der Waals surface area (Å²) in [6.07, 6.45) is -3.77. The standard InChI is InChI=1S/C12H12F3N3OS/c1-6-2-4-18-11-7(6)8(16)9(20-11)10(19)17-5-3-12(13,14)15/h2,4H,3,5,16H2,1H3,(H,17,19). The first-order valence-electron chi connectivity index (χ1n) is 5.78. The van der Waals surface area contributed by atoms with E-state index < -0.39 is 25.0 Å². The van der Waals surface area contributed by atoms with Gasteiger partial charge in [0.2, 0.25) is 0 Å². The highest BCUT2D eigenvalue weighted by Crippen LogP contribution is 2.34. The highest BCUT2D eigenvalue weighted by molar-refractivity contribution is 7.21. The second kappa shape index (κ2) is 5.28. The summed E-state index contributed by atoms with van der Waals surface area (Å²) in [4.78, 5) is 16.8. The molecule has 2 aromatic heterocycles. The number of nitrogens with one attached hydrogen (secondary N) is 1. The fourth-order valence-corrected chi connectivity index (χ4v) is 2.83. The van der Waals surface area contributed by atoms with E-state index in [1.54, 1.807) is 12.3 Å². The van der Waals surface area contributed by atoms with E-state index in [2.05, 4.69) is 10.3 Å². The zero-order valence-corrected chi connectivity index (χ0v) is 11.4. The topological polar surface area (TPSA) is 68.0 Å². The van der Waals surface area contributed by atoms with Crippen LogP contribution in [0.1, 0.15) is 21.7 Å².